The molecule has 0 aliphatic carbocycles. The average Bonchev–Trinajstić information content (AvgIpc) is 2.46. The second kappa shape index (κ2) is 6.38. The summed E-state index contributed by atoms with van der Waals surface area (Å²) in [5.74, 6) is -0.884. The van der Waals surface area contributed by atoms with Crippen molar-refractivity contribution in [2.24, 2.45) is 0 Å². The van der Waals surface area contributed by atoms with E-state index in [1.165, 1.54) is 18.4 Å². The number of rotatable bonds is 5. The zero-order chi connectivity index (χ0) is 14.5. The second-order valence-electron chi connectivity index (χ2n) is 5.14. The van der Waals surface area contributed by atoms with Gasteiger partial charge in [0.25, 0.3) is 0 Å². The lowest BCUT2D eigenvalue weighted by molar-refractivity contribution is 0.0697. The molecule has 2 nitrogen and oxygen atoms in total. The summed E-state index contributed by atoms with van der Waals surface area (Å²) in [7, 11) is 0. The molecular formula is C18H20O2. The first kappa shape index (κ1) is 14.3. The Morgan fingerprint density at radius 1 is 1.10 bits per heavy atom. The Bertz CT molecular complexity index is 597. The van der Waals surface area contributed by atoms with Crippen LogP contribution in [0.5, 0.6) is 0 Å². The highest BCUT2D eigenvalue weighted by molar-refractivity contribution is 5.90. The summed E-state index contributed by atoms with van der Waals surface area (Å²) in [4.78, 5) is 11.1. The molecule has 104 valence electrons. The van der Waals surface area contributed by atoms with Gasteiger partial charge < -0.3 is 5.11 Å². The predicted octanol–water partition coefficient (Wildman–Crippen LogP) is 4.70. The third-order valence-electron chi connectivity index (χ3n) is 3.57. The Morgan fingerprint density at radius 2 is 1.80 bits per heavy atom. The largest absolute Gasteiger partial charge is 0.478 e. The molecule has 0 atom stereocenters. The van der Waals surface area contributed by atoms with E-state index in [1.54, 1.807) is 12.1 Å². The van der Waals surface area contributed by atoms with Crippen molar-refractivity contribution in [3.63, 3.8) is 0 Å². The Hall–Kier alpha value is -2.09. The molecule has 2 aromatic rings. The first-order valence-electron chi connectivity index (χ1n) is 7.05. The Labute approximate surface area is 120 Å². The highest BCUT2D eigenvalue weighted by Gasteiger charge is 2.08. The van der Waals surface area contributed by atoms with Gasteiger partial charge in [0.1, 0.15) is 0 Å². The van der Waals surface area contributed by atoms with E-state index in [2.05, 4.69) is 31.2 Å². The van der Waals surface area contributed by atoms with Crippen molar-refractivity contribution in [3.05, 3.63) is 59.2 Å². The van der Waals surface area contributed by atoms with Gasteiger partial charge in [0.15, 0.2) is 0 Å². The molecule has 0 aromatic heterocycles. The SMILES string of the molecule is CCCCc1ccc(-c2cc(C(=O)O)ccc2C)cc1. The van der Waals surface area contributed by atoms with Crippen LogP contribution < -0.4 is 0 Å². The van der Waals surface area contributed by atoms with E-state index in [0.717, 1.165) is 23.1 Å². The number of aromatic carboxylic acids is 1. The number of carboxylic acid groups (broad SMARTS) is 1. The fraction of sp³-hybridized carbons (Fsp3) is 0.278. The maximum Gasteiger partial charge on any atom is 0.335 e. The van der Waals surface area contributed by atoms with E-state index in [4.69, 9.17) is 5.11 Å². The van der Waals surface area contributed by atoms with Crippen molar-refractivity contribution in [2.45, 2.75) is 33.1 Å². The molecule has 0 fully saturated rings. The smallest absolute Gasteiger partial charge is 0.335 e. The molecule has 0 aliphatic heterocycles. The van der Waals surface area contributed by atoms with Gasteiger partial charge in [-0.2, -0.15) is 0 Å². The van der Waals surface area contributed by atoms with Crippen molar-refractivity contribution in [1.29, 1.82) is 0 Å². The van der Waals surface area contributed by atoms with Gasteiger partial charge in [-0.05, 0) is 54.2 Å². The number of hydrogen-bond acceptors (Lipinski definition) is 1. The standard InChI is InChI=1S/C18H20O2/c1-3-4-5-14-7-10-15(11-8-14)17-12-16(18(19)20)9-6-13(17)2/h6-12H,3-5H2,1-2H3,(H,19,20). The molecular weight excluding hydrogens is 248 g/mol. The van der Waals surface area contributed by atoms with E-state index >= 15 is 0 Å². The number of carbonyl (C=O) groups is 1. The summed E-state index contributed by atoms with van der Waals surface area (Å²) in [6.45, 7) is 4.20. The number of unbranched alkanes of at least 4 members (excludes halogenated alkanes) is 1. The minimum atomic E-state index is -0.884. The molecule has 2 rings (SSSR count). The average molecular weight is 268 g/mol. The van der Waals surface area contributed by atoms with Gasteiger partial charge in [0.05, 0.1) is 5.56 Å². The maximum atomic E-state index is 11.1. The molecule has 0 heterocycles. The highest BCUT2D eigenvalue weighted by atomic mass is 16.4. The summed E-state index contributed by atoms with van der Waals surface area (Å²) < 4.78 is 0. The van der Waals surface area contributed by atoms with E-state index in [9.17, 15) is 4.79 Å². The van der Waals surface area contributed by atoms with Crippen LogP contribution in [-0.2, 0) is 6.42 Å². The van der Waals surface area contributed by atoms with Crippen molar-refractivity contribution in [3.8, 4) is 11.1 Å². The van der Waals surface area contributed by atoms with Gasteiger partial charge in [-0.25, -0.2) is 4.79 Å². The number of benzene rings is 2. The number of aryl methyl sites for hydroxylation is 2. The zero-order valence-electron chi connectivity index (χ0n) is 12.0. The predicted molar refractivity (Wildman–Crippen MR) is 82.2 cm³/mol. The van der Waals surface area contributed by atoms with Gasteiger partial charge in [0, 0.05) is 0 Å². The minimum absolute atomic E-state index is 0.334. The number of carboxylic acids is 1. The molecule has 20 heavy (non-hydrogen) atoms. The van der Waals surface area contributed by atoms with Crippen LogP contribution in [-0.4, -0.2) is 11.1 Å². The quantitative estimate of drug-likeness (QED) is 0.853. The summed E-state index contributed by atoms with van der Waals surface area (Å²) in [5, 5.41) is 9.09. The molecule has 0 spiro atoms. The monoisotopic (exact) mass is 268 g/mol. The van der Waals surface area contributed by atoms with Crippen LogP contribution in [0.25, 0.3) is 11.1 Å². The van der Waals surface area contributed by atoms with Gasteiger partial charge in [0.2, 0.25) is 0 Å². The van der Waals surface area contributed by atoms with Crippen LogP contribution in [0, 0.1) is 6.92 Å². The summed E-state index contributed by atoms with van der Waals surface area (Å²) in [6.07, 6.45) is 3.50. The third kappa shape index (κ3) is 3.27. The van der Waals surface area contributed by atoms with Gasteiger partial charge in [-0.3, -0.25) is 0 Å². The molecule has 0 aliphatic rings. The fourth-order valence-corrected chi connectivity index (χ4v) is 2.30. The lowest BCUT2D eigenvalue weighted by Gasteiger charge is -2.08. The topological polar surface area (TPSA) is 37.3 Å². The summed E-state index contributed by atoms with van der Waals surface area (Å²) in [5.41, 5.74) is 4.83. The molecule has 0 radical (unpaired) electrons. The molecule has 0 bridgehead atoms. The molecule has 0 saturated carbocycles. The molecule has 2 aromatic carbocycles. The van der Waals surface area contributed by atoms with E-state index in [-0.39, 0.29) is 0 Å². The third-order valence-corrected chi connectivity index (χ3v) is 3.57. The summed E-state index contributed by atoms with van der Waals surface area (Å²) in [6, 6.07) is 13.7. The second-order valence-corrected chi connectivity index (χ2v) is 5.14. The van der Waals surface area contributed by atoms with Gasteiger partial charge >= 0.3 is 5.97 Å². The highest BCUT2D eigenvalue weighted by Crippen LogP contribution is 2.25. The zero-order valence-corrected chi connectivity index (χ0v) is 12.0. The van der Waals surface area contributed by atoms with Crippen LogP contribution in [0.15, 0.2) is 42.5 Å². The maximum absolute atomic E-state index is 11.1. The number of hydrogen-bond donors (Lipinski definition) is 1. The first-order valence-corrected chi connectivity index (χ1v) is 7.05. The van der Waals surface area contributed by atoms with E-state index in [0.29, 0.717) is 5.56 Å². The fourth-order valence-electron chi connectivity index (χ4n) is 2.30. The van der Waals surface area contributed by atoms with Crippen LogP contribution in [0.1, 0.15) is 41.3 Å². The van der Waals surface area contributed by atoms with Crippen molar-refractivity contribution >= 4 is 5.97 Å². The summed E-state index contributed by atoms with van der Waals surface area (Å²) >= 11 is 0. The normalized spacial score (nSPS) is 10.5. The minimum Gasteiger partial charge on any atom is -0.478 e. The van der Waals surface area contributed by atoms with Crippen molar-refractivity contribution < 1.29 is 9.90 Å². The Balaban J connectivity index is 2.31. The lowest BCUT2D eigenvalue weighted by Crippen LogP contribution is -1.97. The molecule has 0 unspecified atom stereocenters. The van der Waals surface area contributed by atoms with Crippen LogP contribution >= 0.6 is 0 Å². The van der Waals surface area contributed by atoms with Crippen molar-refractivity contribution in [2.75, 3.05) is 0 Å². The Kier molecular flexibility index (Phi) is 4.57. The molecule has 0 saturated heterocycles. The van der Waals surface area contributed by atoms with Crippen molar-refractivity contribution in [1.82, 2.24) is 0 Å². The van der Waals surface area contributed by atoms with E-state index < -0.39 is 5.97 Å². The van der Waals surface area contributed by atoms with E-state index in [1.807, 2.05) is 13.0 Å². The van der Waals surface area contributed by atoms with Gasteiger partial charge in [-0.15, -0.1) is 0 Å². The van der Waals surface area contributed by atoms with Crippen LogP contribution in [0.4, 0.5) is 0 Å². The Morgan fingerprint density at radius 3 is 2.40 bits per heavy atom. The van der Waals surface area contributed by atoms with Gasteiger partial charge in [-0.1, -0.05) is 43.7 Å². The van der Waals surface area contributed by atoms with Crippen LogP contribution in [0.3, 0.4) is 0 Å². The molecule has 2 heteroatoms. The molecule has 1 N–H and O–H groups in total. The molecule has 0 amide bonds. The lowest BCUT2D eigenvalue weighted by atomic mass is 9.96. The first-order chi connectivity index (χ1) is 9.61. The van der Waals surface area contributed by atoms with Crippen LogP contribution in [0.2, 0.25) is 0 Å².